The number of likely N-dealkylation sites (tertiary alicyclic amines) is 1. The summed E-state index contributed by atoms with van der Waals surface area (Å²) in [5.74, 6) is 3.33. The van der Waals surface area contributed by atoms with Gasteiger partial charge in [-0.1, -0.05) is 13.8 Å². The van der Waals surface area contributed by atoms with E-state index in [1.54, 1.807) is 7.11 Å². The number of rotatable bonds is 5. The van der Waals surface area contributed by atoms with E-state index in [1.807, 2.05) is 18.2 Å². The van der Waals surface area contributed by atoms with Crippen LogP contribution in [-0.4, -0.2) is 41.6 Å². The van der Waals surface area contributed by atoms with Gasteiger partial charge < -0.3 is 14.6 Å². The Hall–Kier alpha value is -1.55. The number of imidazole rings is 1. The molecule has 0 unspecified atom stereocenters. The molecule has 0 aliphatic carbocycles. The largest absolute Gasteiger partial charge is 0.497 e. The van der Waals surface area contributed by atoms with E-state index in [0.29, 0.717) is 5.92 Å². The van der Waals surface area contributed by atoms with Gasteiger partial charge in [0.25, 0.3) is 0 Å². The predicted molar refractivity (Wildman–Crippen MR) is 85.9 cm³/mol. The van der Waals surface area contributed by atoms with Gasteiger partial charge in [-0.25, -0.2) is 4.98 Å². The number of aromatic amines is 1. The number of fused-ring (bicyclic) bond motifs is 1. The second-order valence-electron chi connectivity index (χ2n) is 6.47. The second-order valence-corrected chi connectivity index (χ2v) is 6.47. The van der Waals surface area contributed by atoms with Crippen molar-refractivity contribution < 1.29 is 4.74 Å². The number of H-pyrrole nitrogens is 1. The van der Waals surface area contributed by atoms with Crippen molar-refractivity contribution in [1.29, 1.82) is 0 Å². The summed E-state index contributed by atoms with van der Waals surface area (Å²) in [6.45, 7) is 8.12. The van der Waals surface area contributed by atoms with Gasteiger partial charge in [-0.3, -0.25) is 0 Å². The summed E-state index contributed by atoms with van der Waals surface area (Å²) in [5, 5.41) is 0. The molecule has 114 valence electrons. The van der Waals surface area contributed by atoms with E-state index in [2.05, 4.69) is 23.7 Å². The van der Waals surface area contributed by atoms with Crippen molar-refractivity contribution in [3.05, 3.63) is 24.0 Å². The van der Waals surface area contributed by atoms with Crippen LogP contribution in [0, 0.1) is 5.92 Å². The maximum absolute atomic E-state index is 5.27. The van der Waals surface area contributed by atoms with Gasteiger partial charge in [-0.2, -0.15) is 0 Å². The third kappa shape index (κ3) is 3.21. The van der Waals surface area contributed by atoms with Crippen LogP contribution in [0.3, 0.4) is 0 Å². The molecule has 21 heavy (non-hydrogen) atoms. The molecule has 1 atom stereocenters. The number of methoxy groups -OCH3 is 1. The maximum Gasteiger partial charge on any atom is 0.121 e. The van der Waals surface area contributed by atoms with Crippen LogP contribution in [0.5, 0.6) is 5.75 Å². The van der Waals surface area contributed by atoms with Crippen LogP contribution in [0.25, 0.3) is 11.0 Å². The minimum atomic E-state index is 0.538. The van der Waals surface area contributed by atoms with Crippen LogP contribution in [-0.2, 0) is 0 Å². The molecule has 1 aliphatic heterocycles. The first-order chi connectivity index (χ1) is 10.2. The normalized spacial score (nSPS) is 19.7. The van der Waals surface area contributed by atoms with Crippen LogP contribution in [0.1, 0.15) is 38.4 Å². The molecule has 4 nitrogen and oxygen atoms in total. The highest BCUT2D eigenvalue weighted by atomic mass is 16.5. The van der Waals surface area contributed by atoms with Gasteiger partial charge >= 0.3 is 0 Å². The van der Waals surface area contributed by atoms with Gasteiger partial charge in [0.2, 0.25) is 0 Å². The molecule has 0 radical (unpaired) electrons. The number of nitrogens with zero attached hydrogens (tertiary/aromatic N) is 2. The van der Waals surface area contributed by atoms with Crippen LogP contribution >= 0.6 is 0 Å². The number of benzene rings is 1. The van der Waals surface area contributed by atoms with E-state index in [0.717, 1.165) is 35.1 Å². The third-order valence-electron chi connectivity index (χ3n) is 4.39. The molecule has 1 aromatic heterocycles. The van der Waals surface area contributed by atoms with Crippen molar-refractivity contribution in [2.45, 2.75) is 32.6 Å². The average Bonchev–Trinajstić information content (AvgIpc) is 3.10. The van der Waals surface area contributed by atoms with E-state index in [1.165, 1.54) is 25.9 Å². The lowest BCUT2D eigenvalue weighted by molar-refractivity contribution is 0.309. The van der Waals surface area contributed by atoms with Crippen LogP contribution < -0.4 is 4.74 Å². The lowest BCUT2D eigenvalue weighted by atomic mass is 10.1. The smallest absolute Gasteiger partial charge is 0.121 e. The quantitative estimate of drug-likeness (QED) is 0.916. The Labute approximate surface area is 126 Å². The fourth-order valence-corrected chi connectivity index (χ4v) is 3.03. The highest BCUT2D eigenvalue weighted by molar-refractivity contribution is 5.76. The molecule has 1 N–H and O–H groups in total. The molecular weight excluding hydrogens is 262 g/mol. The molecule has 0 saturated carbocycles. The first-order valence-corrected chi connectivity index (χ1v) is 7.91. The molecule has 0 bridgehead atoms. The molecule has 4 heteroatoms. The monoisotopic (exact) mass is 287 g/mol. The first kappa shape index (κ1) is 14.4. The molecule has 1 saturated heterocycles. The number of nitrogens with one attached hydrogen (secondary N) is 1. The van der Waals surface area contributed by atoms with E-state index in [9.17, 15) is 0 Å². The summed E-state index contributed by atoms with van der Waals surface area (Å²) in [6.07, 6.45) is 2.49. The van der Waals surface area contributed by atoms with Gasteiger partial charge in [-0.05, 0) is 44.0 Å². The van der Waals surface area contributed by atoms with E-state index in [-0.39, 0.29) is 0 Å². The zero-order chi connectivity index (χ0) is 14.8. The standard InChI is InChI=1S/C17H25N3O/c1-12(2)6-8-20-9-7-13(11-20)17-18-15-5-4-14(21-3)10-16(15)19-17/h4-5,10,12-13H,6-9,11H2,1-3H3,(H,18,19)/t13-/m0/s1. The highest BCUT2D eigenvalue weighted by Crippen LogP contribution is 2.28. The molecule has 3 rings (SSSR count). The zero-order valence-corrected chi connectivity index (χ0v) is 13.2. The summed E-state index contributed by atoms with van der Waals surface area (Å²) < 4.78 is 5.27. The summed E-state index contributed by atoms with van der Waals surface area (Å²) in [7, 11) is 1.70. The third-order valence-corrected chi connectivity index (χ3v) is 4.39. The number of aromatic nitrogens is 2. The molecule has 2 heterocycles. The first-order valence-electron chi connectivity index (χ1n) is 7.91. The van der Waals surface area contributed by atoms with Gasteiger partial charge in [0, 0.05) is 18.5 Å². The predicted octanol–water partition coefficient (Wildman–Crippen LogP) is 3.41. The molecule has 0 amide bonds. The fourth-order valence-electron chi connectivity index (χ4n) is 3.03. The topological polar surface area (TPSA) is 41.1 Å². The maximum atomic E-state index is 5.27. The van der Waals surface area contributed by atoms with Crippen molar-refractivity contribution in [1.82, 2.24) is 14.9 Å². The highest BCUT2D eigenvalue weighted by Gasteiger charge is 2.26. The van der Waals surface area contributed by atoms with Gasteiger partial charge in [-0.15, -0.1) is 0 Å². The molecule has 1 fully saturated rings. The van der Waals surface area contributed by atoms with Crippen LogP contribution in [0.15, 0.2) is 18.2 Å². The van der Waals surface area contributed by atoms with Gasteiger partial charge in [0.1, 0.15) is 11.6 Å². The van der Waals surface area contributed by atoms with Crippen molar-refractivity contribution in [3.8, 4) is 5.75 Å². The average molecular weight is 287 g/mol. The van der Waals surface area contributed by atoms with Crippen molar-refractivity contribution >= 4 is 11.0 Å². The number of ether oxygens (including phenoxy) is 1. The van der Waals surface area contributed by atoms with E-state index >= 15 is 0 Å². The summed E-state index contributed by atoms with van der Waals surface area (Å²) in [6, 6.07) is 6.02. The van der Waals surface area contributed by atoms with E-state index < -0.39 is 0 Å². The minimum absolute atomic E-state index is 0.538. The lowest BCUT2D eigenvalue weighted by Gasteiger charge is -2.16. The Balaban J connectivity index is 1.70. The van der Waals surface area contributed by atoms with Crippen molar-refractivity contribution in [2.75, 3.05) is 26.7 Å². The second kappa shape index (κ2) is 6.06. The molecular formula is C17H25N3O. The van der Waals surface area contributed by atoms with Crippen LogP contribution in [0.2, 0.25) is 0 Å². The molecule has 1 aromatic carbocycles. The minimum Gasteiger partial charge on any atom is -0.497 e. The Bertz CT molecular complexity index is 605. The van der Waals surface area contributed by atoms with Crippen molar-refractivity contribution in [2.24, 2.45) is 5.92 Å². The Morgan fingerprint density at radius 1 is 1.43 bits per heavy atom. The fraction of sp³-hybridized carbons (Fsp3) is 0.588. The number of hydrogen-bond acceptors (Lipinski definition) is 3. The number of hydrogen-bond donors (Lipinski definition) is 1. The Kier molecular flexibility index (Phi) is 4.15. The van der Waals surface area contributed by atoms with Crippen LogP contribution in [0.4, 0.5) is 0 Å². The van der Waals surface area contributed by atoms with Gasteiger partial charge in [0.05, 0.1) is 18.1 Å². The summed E-state index contributed by atoms with van der Waals surface area (Å²) >= 11 is 0. The van der Waals surface area contributed by atoms with Gasteiger partial charge in [0.15, 0.2) is 0 Å². The Morgan fingerprint density at radius 3 is 3.05 bits per heavy atom. The Morgan fingerprint density at radius 2 is 2.29 bits per heavy atom. The molecule has 0 spiro atoms. The van der Waals surface area contributed by atoms with Crippen molar-refractivity contribution in [3.63, 3.8) is 0 Å². The summed E-state index contributed by atoms with van der Waals surface area (Å²) in [4.78, 5) is 10.8. The van der Waals surface area contributed by atoms with E-state index in [4.69, 9.17) is 9.72 Å². The SMILES string of the molecule is COc1ccc2nc([C@H]3CCN(CCC(C)C)C3)[nH]c2c1. The summed E-state index contributed by atoms with van der Waals surface area (Å²) in [5.41, 5.74) is 2.11. The lowest BCUT2D eigenvalue weighted by Crippen LogP contribution is -2.22. The molecule has 1 aliphatic rings. The zero-order valence-electron chi connectivity index (χ0n) is 13.2. The molecule has 2 aromatic rings.